The molecular weight excluding hydrogens is 221 g/mol. The summed E-state index contributed by atoms with van der Waals surface area (Å²) in [7, 11) is 0. The van der Waals surface area contributed by atoms with Crippen molar-refractivity contribution < 1.29 is 22.7 Å². The summed E-state index contributed by atoms with van der Waals surface area (Å²) in [5.74, 6) is -0.266. The zero-order valence-corrected chi connectivity index (χ0v) is 8.89. The first-order valence-corrected chi connectivity index (χ1v) is 4.71. The van der Waals surface area contributed by atoms with Crippen LogP contribution in [0.3, 0.4) is 0 Å². The van der Waals surface area contributed by atoms with E-state index in [4.69, 9.17) is 4.74 Å². The molecule has 5 heteroatoms. The Kier molecular flexibility index (Phi) is 3.57. The van der Waals surface area contributed by atoms with Gasteiger partial charge < -0.3 is 4.74 Å². The van der Waals surface area contributed by atoms with E-state index in [9.17, 15) is 18.0 Å². The third-order valence-corrected chi connectivity index (χ3v) is 1.99. The lowest BCUT2D eigenvalue weighted by Gasteiger charge is -2.11. The number of hydrogen-bond acceptors (Lipinski definition) is 2. The van der Waals surface area contributed by atoms with Crippen LogP contribution in [0, 0.1) is 0 Å². The Balaban J connectivity index is 3.23. The van der Waals surface area contributed by atoms with Crippen LogP contribution in [0.2, 0.25) is 0 Å². The highest BCUT2D eigenvalue weighted by Crippen LogP contribution is 2.32. The number of alkyl halides is 3. The zero-order valence-electron chi connectivity index (χ0n) is 8.89. The fraction of sp³-hybridized carbons (Fsp3) is 0.364. The maximum absolute atomic E-state index is 12.4. The molecule has 1 rings (SSSR count). The molecule has 0 aliphatic carbocycles. The van der Waals surface area contributed by atoms with Crippen molar-refractivity contribution in [2.45, 2.75) is 20.0 Å². The predicted molar refractivity (Wildman–Crippen MR) is 52.6 cm³/mol. The van der Waals surface area contributed by atoms with Gasteiger partial charge in [-0.2, -0.15) is 13.2 Å². The molecule has 0 aromatic heterocycles. The summed E-state index contributed by atoms with van der Waals surface area (Å²) in [5.41, 5.74) is -0.891. The van der Waals surface area contributed by atoms with Crippen LogP contribution in [0.25, 0.3) is 0 Å². The van der Waals surface area contributed by atoms with E-state index in [1.165, 1.54) is 13.0 Å². The molecule has 88 valence electrons. The Hall–Kier alpha value is -1.52. The van der Waals surface area contributed by atoms with Crippen molar-refractivity contribution in [2.75, 3.05) is 6.61 Å². The largest absolute Gasteiger partial charge is 0.493 e. The van der Waals surface area contributed by atoms with Crippen molar-refractivity contribution in [2.24, 2.45) is 0 Å². The minimum Gasteiger partial charge on any atom is -0.493 e. The molecule has 0 heterocycles. The van der Waals surface area contributed by atoms with Gasteiger partial charge in [0, 0.05) is 0 Å². The van der Waals surface area contributed by atoms with Crippen molar-refractivity contribution >= 4 is 5.78 Å². The number of carbonyl (C=O) groups is 1. The molecule has 0 saturated carbocycles. The predicted octanol–water partition coefficient (Wildman–Crippen LogP) is 3.31. The summed E-state index contributed by atoms with van der Waals surface area (Å²) in [6.07, 6.45) is -4.45. The van der Waals surface area contributed by atoms with E-state index in [1.807, 2.05) is 0 Å². The number of ketones is 1. The van der Waals surface area contributed by atoms with Crippen molar-refractivity contribution in [1.29, 1.82) is 0 Å². The molecular formula is C11H11F3O2. The van der Waals surface area contributed by atoms with Gasteiger partial charge >= 0.3 is 6.18 Å². The molecule has 0 bridgehead atoms. The smallest absolute Gasteiger partial charge is 0.416 e. The van der Waals surface area contributed by atoms with E-state index >= 15 is 0 Å². The molecule has 0 spiro atoms. The van der Waals surface area contributed by atoms with Crippen LogP contribution in [0.4, 0.5) is 13.2 Å². The van der Waals surface area contributed by atoms with Crippen molar-refractivity contribution in [3.05, 3.63) is 29.3 Å². The molecule has 16 heavy (non-hydrogen) atoms. The second kappa shape index (κ2) is 4.55. The topological polar surface area (TPSA) is 26.3 Å². The highest BCUT2D eigenvalue weighted by atomic mass is 19.4. The Morgan fingerprint density at radius 2 is 2.00 bits per heavy atom. The monoisotopic (exact) mass is 232 g/mol. The van der Waals surface area contributed by atoms with Crippen molar-refractivity contribution in [3.8, 4) is 5.75 Å². The number of hydrogen-bond donors (Lipinski definition) is 0. The summed E-state index contributed by atoms with van der Waals surface area (Å²) in [6, 6.07) is 2.88. The van der Waals surface area contributed by atoms with Crippen LogP contribution >= 0.6 is 0 Å². The number of benzene rings is 1. The number of rotatable bonds is 3. The molecule has 0 aliphatic rings. The maximum atomic E-state index is 12.4. The molecule has 0 saturated heterocycles. The van der Waals surface area contributed by atoms with Gasteiger partial charge in [-0.25, -0.2) is 0 Å². The van der Waals surface area contributed by atoms with Crippen LogP contribution in [0.5, 0.6) is 5.75 Å². The SMILES string of the molecule is CCOc1ccc(C(F)(F)F)cc1C(C)=O. The average Bonchev–Trinajstić information content (AvgIpc) is 2.16. The molecule has 0 radical (unpaired) electrons. The van der Waals surface area contributed by atoms with Crippen molar-refractivity contribution in [1.82, 2.24) is 0 Å². The van der Waals surface area contributed by atoms with E-state index < -0.39 is 17.5 Å². The zero-order chi connectivity index (χ0) is 12.3. The minimum absolute atomic E-state index is 0.0447. The summed E-state index contributed by atoms with van der Waals surface area (Å²) in [5, 5.41) is 0. The second-order valence-corrected chi connectivity index (χ2v) is 3.20. The standard InChI is InChI=1S/C11H11F3O2/c1-3-16-10-5-4-8(11(12,13)14)6-9(10)7(2)15/h4-6H,3H2,1-2H3. The first kappa shape index (κ1) is 12.5. The summed E-state index contributed by atoms with van der Waals surface area (Å²) >= 11 is 0. The maximum Gasteiger partial charge on any atom is 0.416 e. The Morgan fingerprint density at radius 1 is 1.38 bits per heavy atom. The van der Waals surface area contributed by atoms with Crippen LogP contribution in [0.15, 0.2) is 18.2 Å². The minimum atomic E-state index is -4.45. The van der Waals surface area contributed by atoms with Gasteiger partial charge in [0.1, 0.15) is 5.75 Å². The highest BCUT2D eigenvalue weighted by Gasteiger charge is 2.31. The van der Waals surface area contributed by atoms with E-state index in [0.717, 1.165) is 12.1 Å². The Labute approximate surface area is 91.0 Å². The number of carbonyl (C=O) groups excluding carboxylic acids is 1. The molecule has 0 unspecified atom stereocenters. The summed E-state index contributed by atoms with van der Waals surface area (Å²) < 4.78 is 42.3. The first-order valence-electron chi connectivity index (χ1n) is 4.71. The lowest BCUT2D eigenvalue weighted by atomic mass is 10.1. The number of ether oxygens (including phenoxy) is 1. The Bertz CT molecular complexity index is 397. The lowest BCUT2D eigenvalue weighted by Crippen LogP contribution is -2.08. The van der Waals surface area contributed by atoms with Crippen LogP contribution in [-0.4, -0.2) is 12.4 Å². The van der Waals surface area contributed by atoms with Gasteiger partial charge in [-0.05, 0) is 32.0 Å². The van der Waals surface area contributed by atoms with Gasteiger partial charge in [0.05, 0.1) is 17.7 Å². The second-order valence-electron chi connectivity index (χ2n) is 3.20. The molecule has 0 N–H and O–H groups in total. The fourth-order valence-electron chi connectivity index (χ4n) is 1.26. The van der Waals surface area contributed by atoms with E-state index in [2.05, 4.69) is 0 Å². The van der Waals surface area contributed by atoms with Gasteiger partial charge in [0.2, 0.25) is 0 Å². The van der Waals surface area contributed by atoms with Crippen LogP contribution in [0.1, 0.15) is 29.8 Å². The van der Waals surface area contributed by atoms with Gasteiger partial charge in [-0.1, -0.05) is 0 Å². The molecule has 1 aromatic rings. The molecule has 1 aromatic carbocycles. The van der Waals surface area contributed by atoms with Crippen LogP contribution in [-0.2, 0) is 6.18 Å². The molecule has 0 fully saturated rings. The van der Waals surface area contributed by atoms with Gasteiger partial charge in [-0.3, -0.25) is 4.79 Å². The van der Waals surface area contributed by atoms with Crippen LogP contribution < -0.4 is 4.74 Å². The van der Waals surface area contributed by atoms with Gasteiger partial charge in [0.15, 0.2) is 5.78 Å². The van der Waals surface area contributed by atoms with Crippen molar-refractivity contribution in [3.63, 3.8) is 0 Å². The Morgan fingerprint density at radius 3 is 2.44 bits per heavy atom. The average molecular weight is 232 g/mol. The van der Waals surface area contributed by atoms with E-state index in [0.29, 0.717) is 6.61 Å². The fourth-order valence-corrected chi connectivity index (χ4v) is 1.26. The molecule has 2 nitrogen and oxygen atoms in total. The molecule has 0 amide bonds. The summed E-state index contributed by atoms with van der Waals surface area (Å²) in [4.78, 5) is 11.2. The first-order chi connectivity index (χ1) is 7.36. The highest BCUT2D eigenvalue weighted by molar-refractivity contribution is 5.97. The van der Waals surface area contributed by atoms with E-state index in [1.54, 1.807) is 6.92 Å². The van der Waals surface area contributed by atoms with Gasteiger partial charge in [-0.15, -0.1) is 0 Å². The number of Topliss-reactive ketones (excluding diaryl/α,β-unsaturated/α-hetero) is 1. The van der Waals surface area contributed by atoms with E-state index in [-0.39, 0.29) is 11.3 Å². The summed E-state index contributed by atoms with van der Waals surface area (Å²) in [6.45, 7) is 3.20. The molecule has 0 aliphatic heterocycles. The normalized spacial score (nSPS) is 11.3. The third kappa shape index (κ3) is 2.74. The van der Waals surface area contributed by atoms with Gasteiger partial charge in [0.25, 0.3) is 0 Å². The molecule has 0 atom stereocenters. The third-order valence-electron chi connectivity index (χ3n) is 1.99. The quantitative estimate of drug-likeness (QED) is 0.747. The lowest BCUT2D eigenvalue weighted by molar-refractivity contribution is -0.137. The number of halogens is 3.